The van der Waals surface area contributed by atoms with Crippen molar-refractivity contribution in [1.82, 2.24) is 24.5 Å². The Morgan fingerprint density at radius 2 is 2.14 bits per heavy atom. The van der Waals surface area contributed by atoms with Crippen LogP contribution in [0.15, 0.2) is 18.5 Å². The molecule has 21 heavy (non-hydrogen) atoms. The Morgan fingerprint density at radius 3 is 2.76 bits per heavy atom. The van der Waals surface area contributed by atoms with Crippen molar-refractivity contribution in [2.24, 2.45) is 0 Å². The first-order chi connectivity index (χ1) is 10.0. The molecule has 2 heterocycles. The predicted molar refractivity (Wildman–Crippen MR) is 81.0 cm³/mol. The van der Waals surface area contributed by atoms with Crippen LogP contribution in [0.5, 0.6) is 0 Å². The fraction of sp³-hybridized carbons (Fsp3) is 0.500. The van der Waals surface area contributed by atoms with Gasteiger partial charge in [-0.1, -0.05) is 11.6 Å². The highest BCUT2D eigenvalue weighted by molar-refractivity contribution is 6.31. The van der Waals surface area contributed by atoms with E-state index in [1.54, 1.807) is 29.0 Å². The molecular formula is C14H20ClN5O. The zero-order chi connectivity index (χ0) is 15.4. The van der Waals surface area contributed by atoms with Gasteiger partial charge >= 0.3 is 0 Å². The summed E-state index contributed by atoms with van der Waals surface area (Å²) in [5.74, 6) is 0.0740. The third-order valence-corrected chi connectivity index (χ3v) is 3.88. The number of hydrogen-bond acceptors (Lipinski definition) is 3. The maximum absolute atomic E-state index is 12.2. The van der Waals surface area contributed by atoms with Crippen LogP contribution in [-0.4, -0.2) is 37.4 Å². The van der Waals surface area contributed by atoms with Crippen molar-refractivity contribution in [2.45, 2.75) is 39.9 Å². The lowest BCUT2D eigenvalue weighted by Gasteiger charge is -2.18. The fourth-order valence-corrected chi connectivity index (χ4v) is 2.29. The number of halogens is 1. The monoisotopic (exact) mass is 309 g/mol. The van der Waals surface area contributed by atoms with E-state index >= 15 is 0 Å². The standard InChI is InChI=1S/C14H20ClN5O/c1-4-19-12(5-7-16-19)10-18(3)14(21)6-8-20-11(2)13(15)9-17-20/h5,7,9H,4,6,8,10H2,1-3H3. The van der Waals surface area contributed by atoms with Gasteiger partial charge < -0.3 is 4.90 Å². The zero-order valence-electron chi connectivity index (χ0n) is 12.6. The van der Waals surface area contributed by atoms with Crippen LogP contribution in [0.3, 0.4) is 0 Å². The van der Waals surface area contributed by atoms with E-state index in [0.29, 0.717) is 24.5 Å². The van der Waals surface area contributed by atoms with Gasteiger partial charge in [-0.25, -0.2) is 0 Å². The largest absolute Gasteiger partial charge is 0.340 e. The summed E-state index contributed by atoms with van der Waals surface area (Å²) in [6.07, 6.45) is 3.76. The summed E-state index contributed by atoms with van der Waals surface area (Å²) in [5, 5.41) is 8.98. The number of aryl methyl sites for hydroxylation is 2. The Labute approximate surface area is 129 Å². The molecule has 2 aromatic rings. The third kappa shape index (κ3) is 3.64. The van der Waals surface area contributed by atoms with Crippen LogP contribution in [-0.2, 0) is 24.4 Å². The Kier molecular flexibility index (Phi) is 5.01. The molecule has 2 rings (SSSR count). The summed E-state index contributed by atoms with van der Waals surface area (Å²) in [6.45, 7) is 5.82. The van der Waals surface area contributed by atoms with Crippen molar-refractivity contribution in [2.75, 3.05) is 7.05 Å². The van der Waals surface area contributed by atoms with Crippen molar-refractivity contribution in [1.29, 1.82) is 0 Å². The molecule has 0 spiro atoms. The van der Waals surface area contributed by atoms with Gasteiger partial charge in [-0.15, -0.1) is 0 Å². The summed E-state index contributed by atoms with van der Waals surface area (Å²) in [5.41, 5.74) is 1.92. The van der Waals surface area contributed by atoms with Gasteiger partial charge in [0.15, 0.2) is 0 Å². The lowest BCUT2D eigenvalue weighted by molar-refractivity contribution is -0.130. The minimum atomic E-state index is 0.0740. The molecule has 0 bridgehead atoms. The number of hydrogen-bond donors (Lipinski definition) is 0. The van der Waals surface area contributed by atoms with E-state index in [1.165, 1.54) is 0 Å². The highest BCUT2D eigenvalue weighted by Crippen LogP contribution is 2.13. The SMILES string of the molecule is CCn1nccc1CN(C)C(=O)CCn1ncc(Cl)c1C. The normalized spacial score (nSPS) is 10.9. The molecule has 0 saturated carbocycles. The van der Waals surface area contributed by atoms with Gasteiger partial charge in [0.1, 0.15) is 0 Å². The fourth-order valence-electron chi connectivity index (χ4n) is 2.15. The van der Waals surface area contributed by atoms with Gasteiger partial charge in [-0.3, -0.25) is 14.2 Å². The van der Waals surface area contributed by atoms with Crippen molar-refractivity contribution in [3.05, 3.63) is 34.9 Å². The van der Waals surface area contributed by atoms with Gasteiger partial charge in [0, 0.05) is 26.2 Å². The van der Waals surface area contributed by atoms with E-state index in [9.17, 15) is 4.79 Å². The number of aromatic nitrogens is 4. The average Bonchev–Trinajstić information content (AvgIpc) is 3.04. The second-order valence-electron chi connectivity index (χ2n) is 4.94. The van der Waals surface area contributed by atoms with Crippen LogP contribution in [0, 0.1) is 6.92 Å². The molecule has 0 N–H and O–H groups in total. The van der Waals surface area contributed by atoms with Crippen molar-refractivity contribution >= 4 is 17.5 Å². The topological polar surface area (TPSA) is 56.0 Å². The Morgan fingerprint density at radius 1 is 1.38 bits per heavy atom. The summed E-state index contributed by atoms with van der Waals surface area (Å²) >= 11 is 5.95. The second-order valence-corrected chi connectivity index (χ2v) is 5.35. The van der Waals surface area contributed by atoms with Gasteiger partial charge in [0.2, 0.25) is 5.91 Å². The molecule has 0 saturated heterocycles. The minimum absolute atomic E-state index is 0.0740. The highest BCUT2D eigenvalue weighted by atomic mass is 35.5. The summed E-state index contributed by atoms with van der Waals surface area (Å²) in [4.78, 5) is 13.9. The first-order valence-electron chi connectivity index (χ1n) is 6.95. The number of carbonyl (C=O) groups excluding carboxylic acids is 1. The van der Waals surface area contributed by atoms with Gasteiger partial charge in [-0.05, 0) is 19.9 Å². The van der Waals surface area contributed by atoms with Crippen molar-refractivity contribution < 1.29 is 4.79 Å². The first kappa shape index (κ1) is 15.6. The van der Waals surface area contributed by atoms with Crippen molar-refractivity contribution in [3.8, 4) is 0 Å². The minimum Gasteiger partial charge on any atom is -0.340 e. The maximum Gasteiger partial charge on any atom is 0.224 e. The van der Waals surface area contributed by atoms with E-state index in [1.807, 2.05) is 24.6 Å². The lowest BCUT2D eigenvalue weighted by atomic mass is 10.3. The number of nitrogens with zero attached hydrogens (tertiary/aromatic N) is 5. The zero-order valence-corrected chi connectivity index (χ0v) is 13.3. The van der Waals surface area contributed by atoms with E-state index < -0.39 is 0 Å². The van der Waals surface area contributed by atoms with E-state index in [0.717, 1.165) is 17.9 Å². The summed E-state index contributed by atoms with van der Waals surface area (Å²) in [6, 6.07) is 1.94. The average molecular weight is 310 g/mol. The molecule has 2 aromatic heterocycles. The Balaban J connectivity index is 1.89. The maximum atomic E-state index is 12.2. The van der Waals surface area contributed by atoms with Gasteiger partial charge in [0.05, 0.1) is 35.7 Å². The first-order valence-corrected chi connectivity index (χ1v) is 7.33. The second kappa shape index (κ2) is 6.76. The number of rotatable bonds is 6. The Bertz CT molecular complexity index is 619. The van der Waals surface area contributed by atoms with Gasteiger partial charge in [-0.2, -0.15) is 10.2 Å². The molecular weight excluding hydrogens is 290 g/mol. The quantitative estimate of drug-likeness (QED) is 0.821. The molecule has 0 atom stereocenters. The van der Waals surface area contributed by atoms with Crippen LogP contribution >= 0.6 is 11.6 Å². The van der Waals surface area contributed by atoms with E-state index in [-0.39, 0.29) is 5.91 Å². The van der Waals surface area contributed by atoms with Crippen LogP contribution in [0.2, 0.25) is 5.02 Å². The predicted octanol–water partition coefficient (Wildman–Crippen LogP) is 2.11. The molecule has 0 unspecified atom stereocenters. The van der Waals surface area contributed by atoms with Crippen LogP contribution < -0.4 is 0 Å². The van der Waals surface area contributed by atoms with E-state index in [2.05, 4.69) is 10.2 Å². The smallest absolute Gasteiger partial charge is 0.224 e. The molecule has 0 radical (unpaired) electrons. The highest BCUT2D eigenvalue weighted by Gasteiger charge is 2.13. The van der Waals surface area contributed by atoms with Gasteiger partial charge in [0.25, 0.3) is 0 Å². The molecule has 0 aliphatic carbocycles. The van der Waals surface area contributed by atoms with Crippen molar-refractivity contribution in [3.63, 3.8) is 0 Å². The molecule has 114 valence electrons. The molecule has 0 fully saturated rings. The van der Waals surface area contributed by atoms with Crippen LogP contribution in [0.4, 0.5) is 0 Å². The molecule has 0 aromatic carbocycles. The molecule has 0 aliphatic heterocycles. The van der Waals surface area contributed by atoms with E-state index in [4.69, 9.17) is 11.6 Å². The summed E-state index contributed by atoms with van der Waals surface area (Å²) < 4.78 is 3.64. The molecule has 7 heteroatoms. The molecule has 0 aliphatic rings. The number of amides is 1. The van der Waals surface area contributed by atoms with Crippen LogP contribution in [0.1, 0.15) is 24.7 Å². The lowest BCUT2D eigenvalue weighted by Crippen LogP contribution is -2.28. The molecule has 6 nitrogen and oxygen atoms in total. The number of carbonyl (C=O) groups is 1. The third-order valence-electron chi connectivity index (χ3n) is 3.51. The summed E-state index contributed by atoms with van der Waals surface area (Å²) in [7, 11) is 1.80. The molecule has 1 amide bonds. The Hall–Kier alpha value is -1.82. The van der Waals surface area contributed by atoms with Crippen LogP contribution in [0.25, 0.3) is 0 Å².